The van der Waals surface area contributed by atoms with Crippen LogP contribution in [0.4, 0.5) is 0 Å². The minimum atomic E-state index is 0.223. The van der Waals surface area contributed by atoms with Gasteiger partial charge in [-0.05, 0) is 51.8 Å². The van der Waals surface area contributed by atoms with Gasteiger partial charge in [0.05, 0.1) is 0 Å². The van der Waals surface area contributed by atoms with E-state index in [1.54, 1.807) is 6.20 Å². The Hall–Kier alpha value is -1.22. The van der Waals surface area contributed by atoms with Gasteiger partial charge >= 0.3 is 0 Å². The number of fused-ring (bicyclic) bond motifs is 2. The standard InChI is InChI=1S/C15H20N2O/c1-10-7-11(5-6-16-10)15(18)12-8-13-3-4-14(9-12)17(13)2/h5-7,12-14H,3-4,8-9H2,1-2H3. The number of aromatic nitrogens is 1. The molecule has 1 aromatic heterocycles. The number of Topliss-reactive ketones (excluding diaryl/α,β-unsaturated/α-hetero) is 1. The Morgan fingerprint density at radius 3 is 2.61 bits per heavy atom. The van der Waals surface area contributed by atoms with Crippen LogP contribution in [0.25, 0.3) is 0 Å². The molecule has 3 nitrogen and oxygen atoms in total. The Kier molecular flexibility index (Phi) is 2.94. The summed E-state index contributed by atoms with van der Waals surface area (Å²) in [5.74, 6) is 0.547. The van der Waals surface area contributed by atoms with Crippen LogP contribution in [0.15, 0.2) is 18.3 Å². The van der Waals surface area contributed by atoms with Crippen molar-refractivity contribution >= 4 is 5.78 Å². The lowest BCUT2D eigenvalue weighted by Gasteiger charge is -2.35. The molecule has 0 N–H and O–H groups in total. The summed E-state index contributed by atoms with van der Waals surface area (Å²) in [7, 11) is 2.21. The summed E-state index contributed by atoms with van der Waals surface area (Å²) in [6, 6.07) is 5.03. The molecule has 2 unspecified atom stereocenters. The third-order valence-corrected chi connectivity index (χ3v) is 4.65. The summed E-state index contributed by atoms with van der Waals surface area (Å²) in [5.41, 5.74) is 1.77. The Morgan fingerprint density at radius 1 is 1.33 bits per heavy atom. The van der Waals surface area contributed by atoms with Crippen LogP contribution in [0.5, 0.6) is 0 Å². The summed E-state index contributed by atoms with van der Waals surface area (Å²) in [6.07, 6.45) is 6.34. The number of rotatable bonds is 2. The second kappa shape index (κ2) is 4.47. The van der Waals surface area contributed by atoms with Crippen molar-refractivity contribution in [2.24, 2.45) is 5.92 Å². The van der Waals surface area contributed by atoms with Gasteiger partial charge in [0.2, 0.25) is 0 Å². The van der Waals surface area contributed by atoms with Crippen molar-refractivity contribution in [3.05, 3.63) is 29.6 Å². The number of carbonyl (C=O) groups is 1. The SMILES string of the molecule is Cc1cc(C(=O)C2CC3CCC(C2)N3C)ccn1. The topological polar surface area (TPSA) is 33.2 Å². The molecule has 0 radical (unpaired) electrons. The molecule has 0 amide bonds. The third kappa shape index (κ3) is 1.97. The molecule has 2 saturated heterocycles. The monoisotopic (exact) mass is 244 g/mol. The average molecular weight is 244 g/mol. The zero-order valence-corrected chi connectivity index (χ0v) is 11.1. The van der Waals surface area contributed by atoms with E-state index in [1.165, 1.54) is 12.8 Å². The minimum absolute atomic E-state index is 0.223. The molecule has 3 heteroatoms. The van der Waals surface area contributed by atoms with Crippen molar-refractivity contribution in [2.75, 3.05) is 7.05 Å². The zero-order valence-electron chi connectivity index (χ0n) is 11.1. The van der Waals surface area contributed by atoms with E-state index in [4.69, 9.17) is 0 Å². The van der Waals surface area contributed by atoms with E-state index >= 15 is 0 Å². The lowest BCUT2D eigenvalue weighted by molar-refractivity contribution is 0.0767. The molecule has 3 heterocycles. The van der Waals surface area contributed by atoms with Crippen molar-refractivity contribution in [1.82, 2.24) is 9.88 Å². The number of nitrogens with zero attached hydrogens (tertiary/aromatic N) is 2. The van der Waals surface area contributed by atoms with E-state index < -0.39 is 0 Å². The molecule has 0 aliphatic carbocycles. The van der Waals surface area contributed by atoms with Crippen LogP contribution in [0.1, 0.15) is 41.7 Å². The Bertz CT molecular complexity index is 457. The van der Waals surface area contributed by atoms with Gasteiger partial charge in [-0.25, -0.2) is 0 Å². The highest BCUT2D eigenvalue weighted by atomic mass is 16.1. The van der Waals surface area contributed by atoms with Crippen LogP contribution in [0, 0.1) is 12.8 Å². The number of piperidine rings is 1. The molecule has 2 atom stereocenters. The number of ketones is 1. The molecule has 3 rings (SSSR count). The van der Waals surface area contributed by atoms with Gasteiger partial charge < -0.3 is 4.90 Å². The fraction of sp³-hybridized carbons (Fsp3) is 0.600. The molecule has 2 fully saturated rings. The Balaban J connectivity index is 1.78. The minimum Gasteiger partial charge on any atom is -0.300 e. The number of hydrogen-bond donors (Lipinski definition) is 0. The van der Waals surface area contributed by atoms with Gasteiger partial charge in [-0.2, -0.15) is 0 Å². The summed E-state index contributed by atoms with van der Waals surface area (Å²) >= 11 is 0. The lowest BCUT2D eigenvalue weighted by Crippen LogP contribution is -2.42. The molecule has 2 aliphatic heterocycles. The number of aryl methyl sites for hydroxylation is 1. The smallest absolute Gasteiger partial charge is 0.166 e. The van der Waals surface area contributed by atoms with E-state index in [0.717, 1.165) is 24.1 Å². The fourth-order valence-electron chi connectivity index (χ4n) is 3.56. The summed E-state index contributed by atoms with van der Waals surface area (Å²) in [4.78, 5) is 19.2. The first-order valence-corrected chi connectivity index (χ1v) is 6.84. The molecule has 2 bridgehead atoms. The van der Waals surface area contributed by atoms with Gasteiger partial charge in [0.15, 0.2) is 5.78 Å². The molecule has 0 saturated carbocycles. The zero-order chi connectivity index (χ0) is 12.7. The van der Waals surface area contributed by atoms with Crippen LogP contribution < -0.4 is 0 Å². The summed E-state index contributed by atoms with van der Waals surface area (Å²) in [6.45, 7) is 1.94. The highest BCUT2D eigenvalue weighted by Gasteiger charge is 2.40. The second-order valence-corrected chi connectivity index (χ2v) is 5.77. The predicted molar refractivity (Wildman–Crippen MR) is 70.6 cm³/mol. The number of pyridine rings is 1. The largest absolute Gasteiger partial charge is 0.300 e. The third-order valence-electron chi connectivity index (χ3n) is 4.65. The molecular weight excluding hydrogens is 224 g/mol. The van der Waals surface area contributed by atoms with Crippen molar-refractivity contribution < 1.29 is 4.79 Å². The Morgan fingerprint density at radius 2 is 2.00 bits per heavy atom. The number of carbonyl (C=O) groups excluding carboxylic acids is 1. The van der Waals surface area contributed by atoms with Crippen molar-refractivity contribution in [3.63, 3.8) is 0 Å². The van der Waals surface area contributed by atoms with Gasteiger partial charge in [-0.1, -0.05) is 0 Å². The van der Waals surface area contributed by atoms with Crippen LogP contribution in [-0.2, 0) is 0 Å². The van der Waals surface area contributed by atoms with Crippen LogP contribution in [0.2, 0.25) is 0 Å². The maximum absolute atomic E-state index is 12.5. The summed E-state index contributed by atoms with van der Waals surface area (Å²) < 4.78 is 0. The molecular formula is C15H20N2O. The highest BCUT2D eigenvalue weighted by Crippen LogP contribution is 2.38. The average Bonchev–Trinajstić information content (AvgIpc) is 2.61. The van der Waals surface area contributed by atoms with Crippen LogP contribution >= 0.6 is 0 Å². The van der Waals surface area contributed by atoms with Crippen LogP contribution in [0.3, 0.4) is 0 Å². The second-order valence-electron chi connectivity index (χ2n) is 5.77. The molecule has 1 aromatic rings. The van der Waals surface area contributed by atoms with Gasteiger partial charge in [0.25, 0.3) is 0 Å². The molecule has 0 spiro atoms. The first kappa shape index (κ1) is 11.8. The quantitative estimate of drug-likeness (QED) is 0.749. The molecule has 2 aliphatic rings. The normalized spacial score (nSPS) is 31.6. The van der Waals surface area contributed by atoms with Crippen molar-refractivity contribution in [1.29, 1.82) is 0 Å². The van der Waals surface area contributed by atoms with Crippen molar-refractivity contribution in [2.45, 2.75) is 44.7 Å². The fourth-order valence-corrected chi connectivity index (χ4v) is 3.56. The highest BCUT2D eigenvalue weighted by molar-refractivity contribution is 5.98. The van der Waals surface area contributed by atoms with E-state index in [0.29, 0.717) is 17.9 Å². The lowest BCUT2D eigenvalue weighted by atomic mass is 9.85. The summed E-state index contributed by atoms with van der Waals surface area (Å²) in [5, 5.41) is 0. The van der Waals surface area contributed by atoms with Crippen molar-refractivity contribution in [3.8, 4) is 0 Å². The van der Waals surface area contributed by atoms with Gasteiger partial charge in [0, 0.05) is 35.5 Å². The molecule has 96 valence electrons. The van der Waals surface area contributed by atoms with E-state index in [9.17, 15) is 4.79 Å². The molecule has 18 heavy (non-hydrogen) atoms. The molecule has 0 aromatic carbocycles. The maximum atomic E-state index is 12.5. The van der Waals surface area contributed by atoms with E-state index in [1.807, 2.05) is 19.1 Å². The van der Waals surface area contributed by atoms with E-state index in [2.05, 4.69) is 16.9 Å². The first-order chi connectivity index (χ1) is 8.65. The van der Waals surface area contributed by atoms with Crippen LogP contribution in [-0.4, -0.2) is 34.8 Å². The van der Waals surface area contributed by atoms with E-state index in [-0.39, 0.29) is 5.92 Å². The van der Waals surface area contributed by atoms with Gasteiger partial charge in [0.1, 0.15) is 0 Å². The first-order valence-electron chi connectivity index (χ1n) is 6.84. The number of hydrogen-bond acceptors (Lipinski definition) is 3. The van der Waals surface area contributed by atoms with Gasteiger partial charge in [-0.15, -0.1) is 0 Å². The maximum Gasteiger partial charge on any atom is 0.166 e. The van der Waals surface area contributed by atoms with Gasteiger partial charge in [-0.3, -0.25) is 9.78 Å². The Labute approximate surface area is 108 Å². The predicted octanol–water partition coefficient (Wildman–Crippen LogP) is 2.45.